The molecule has 2 fully saturated rings. The number of aliphatic imine (C=N–C) groups is 1. The van der Waals surface area contributed by atoms with Gasteiger partial charge in [-0.15, -0.1) is 4.99 Å². The Morgan fingerprint density at radius 2 is 2.00 bits per heavy atom. The minimum atomic E-state index is -0.962. The van der Waals surface area contributed by atoms with Crippen molar-refractivity contribution < 1.29 is 35.0 Å². The molecule has 7 atom stereocenters. The van der Waals surface area contributed by atoms with E-state index in [1.165, 1.54) is 18.4 Å². The molecule has 0 amide bonds. The number of aromatic hydroxyl groups is 1. The highest BCUT2D eigenvalue weighted by Crippen LogP contribution is 2.49. The van der Waals surface area contributed by atoms with Gasteiger partial charge in [0.1, 0.15) is 12.2 Å². The first-order chi connectivity index (χ1) is 22.8. The van der Waals surface area contributed by atoms with Crippen LogP contribution in [-0.2, 0) is 11.2 Å². The first kappa shape index (κ1) is 35.6. The van der Waals surface area contributed by atoms with Crippen molar-refractivity contribution in [1.82, 2.24) is 5.32 Å². The maximum Gasteiger partial charge on any atom is 0.189 e. The van der Waals surface area contributed by atoms with E-state index in [2.05, 4.69) is 18.3 Å². The lowest BCUT2D eigenvalue weighted by atomic mass is 9.74. The van der Waals surface area contributed by atoms with Crippen molar-refractivity contribution in [2.75, 3.05) is 26.4 Å². The molecule has 5 rings (SSSR count). The highest BCUT2D eigenvalue weighted by molar-refractivity contribution is 6.04. The van der Waals surface area contributed by atoms with Gasteiger partial charge >= 0.3 is 0 Å². The van der Waals surface area contributed by atoms with Crippen LogP contribution in [0.1, 0.15) is 90.0 Å². The maximum absolute atomic E-state index is 11.3. The molecule has 2 aliphatic heterocycles. The first-order valence-corrected chi connectivity index (χ1v) is 18.0. The SMILES string of the molecule is CCCCC1OC(CCc2ccc(O)c(OCC(O)[C+]3C=C4C(=N3)CCC3CCCC3C4C(CCCO)NCC(C)O)c2)=C[C-]1CO. The lowest BCUT2D eigenvalue weighted by molar-refractivity contribution is 0.120. The zero-order valence-electron chi connectivity index (χ0n) is 28.2. The van der Waals surface area contributed by atoms with Gasteiger partial charge in [0.2, 0.25) is 0 Å². The molecule has 2 saturated carbocycles. The van der Waals surface area contributed by atoms with Crippen LogP contribution in [0.5, 0.6) is 11.5 Å². The topological polar surface area (TPSA) is 144 Å². The lowest BCUT2D eigenvalue weighted by Gasteiger charge is -2.32. The number of hydrogen-bond donors (Lipinski definition) is 6. The Labute approximate surface area is 280 Å². The molecule has 0 radical (unpaired) electrons. The van der Waals surface area contributed by atoms with E-state index >= 15 is 0 Å². The summed E-state index contributed by atoms with van der Waals surface area (Å²) in [6.07, 6.45) is 14.0. The summed E-state index contributed by atoms with van der Waals surface area (Å²) in [6, 6.07) is 5.98. The van der Waals surface area contributed by atoms with Gasteiger partial charge in [-0.05, 0) is 75.0 Å². The predicted molar refractivity (Wildman–Crippen MR) is 183 cm³/mol. The number of nitrogens with one attached hydrogen (secondary N) is 1. The number of aryl methyl sites for hydroxylation is 1. The fraction of sp³-hybridized carbons (Fsp3) is 0.658. The molecule has 47 heavy (non-hydrogen) atoms. The normalized spacial score (nSPS) is 25.7. The number of fused-ring (bicyclic) bond motifs is 2. The van der Waals surface area contributed by atoms with Gasteiger partial charge < -0.3 is 40.3 Å². The molecule has 1 aromatic rings. The molecule has 0 bridgehead atoms. The number of aliphatic hydroxyl groups excluding tert-OH is 4. The summed E-state index contributed by atoms with van der Waals surface area (Å²) in [5.41, 5.74) is 3.20. The van der Waals surface area contributed by atoms with Crippen LogP contribution in [0.2, 0.25) is 0 Å². The number of allylic oxidation sites excluding steroid dienone is 1. The second-order valence-corrected chi connectivity index (χ2v) is 14.0. The first-order valence-electron chi connectivity index (χ1n) is 18.0. The van der Waals surface area contributed by atoms with E-state index < -0.39 is 12.2 Å². The molecule has 2 aliphatic carbocycles. The number of aliphatic hydroxyl groups is 4. The van der Waals surface area contributed by atoms with Crippen molar-refractivity contribution in [3.05, 3.63) is 59.2 Å². The Hall–Kier alpha value is -2.69. The Balaban J connectivity index is 1.23. The van der Waals surface area contributed by atoms with E-state index in [9.17, 15) is 25.5 Å². The highest BCUT2D eigenvalue weighted by Gasteiger charge is 2.50. The van der Waals surface area contributed by atoms with Crippen LogP contribution in [0.4, 0.5) is 0 Å². The Morgan fingerprint density at radius 1 is 1.15 bits per heavy atom. The number of phenols is 1. The molecule has 2 heterocycles. The quantitative estimate of drug-likeness (QED) is 0.122. The zero-order valence-corrected chi connectivity index (χ0v) is 28.2. The number of hydrogen-bond acceptors (Lipinski definition) is 9. The molecular formula is C38H56N2O7. The number of unbranched alkanes of at least 4 members (excludes halogenated alkanes) is 1. The van der Waals surface area contributed by atoms with Gasteiger partial charge in [-0.1, -0.05) is 50.9 Å². The van der Waals surface area contributed by atoms with Crippen LogP contribution < -0.4 is 10.1 Å². The van der Waals surface area contributed by atoms with Crippen molar-refractivity contribution >= 4 is 5.71 Å². The van der Waals surface area contributed by atoms with E-state index in [1.807, 2.05) is 18.2 Å². The van der Waals surface area contributed by atoms with Crippen LogP contribution in [0.15, 0.2) is 46.7 Å². The Morgan fingerprint density at radius 3 is 2.77 bits per heavy atom. The van der Waals surface area contributed by atoms with Crippen LogP contribution in [0, 0.1) is 29.7 Å². The van der Waals surface area contributed by atoms with E-state index in [1.54, 1.807) is 13.0 Å². The molecule has 0 aromatic heterocycles. The average molecular weight is 653 g/mol. The second kappa shape index (κ2) is 17.1. The molecule has 9 heteroatoms. The van der Waals surface area contributed by atoms with Crippen molar-refractivity contribution in [2.45, 2.75) is 115 Å². The molecule has 9 nitrogen and oxygen atoms in total. The van der Waals surface area contributed by atoms with Crippen molar-refractivity contribution in [1.29, 1.82) is 0 Å². The smallest absolute Gasteiger partial charge is 0.189 e. The molecule has 4 aliphatic rings. The third-order valence-electron chi connectivity index (χ3n) is 10.5. The Kier molecular flexibility index (Phi) is 13.0. The Bertz CT molecular complexity index is 1250. The molecule has 260 valence electrons. The summed E-state index contributed by atoms with van der Waals surface area (Å²) in [6.45, 7) is 4.52. The molecular weight excluding hydrogens is 596 g/mol. The standard InChI is InChI=1S/C38H56N2O7/c1-3-4-10-36-27(22-42)19-28(47-36)14-11-25-12-16-34(44)37(18-25)46-23-35(45)33-20-30-31(40-33)15-13-26-7-5-8-29(26)38(30)32(9-6-17-41)39-21-24(2)43/h12,16,18-20,24,26,29,32,35-36,38-39,41-45H,3-11,13-15,17,21-23H2,1-2H3. The summed E-state index contributed by atoms with van der Waals surface area (Å²) in [5.74, 6) is 3.48. The summed E-state index contributed by atoms with van der Waals surface area (Å²) >= 11 is 0. The van der Waals surface area contributed by atoms with Crippen LogP contribution in [-0.4, -0.2) is 82.0 Å². The molecule has 0 saturated heterocycles. The second-order valence-electron chi connectivity index (χ2n) is 14.0. The van der Waals surface area contributed by atoms with Gasteiger partial charge in [0, 0.05) is 38.3 Å². The third kappa shape index (κ3) is 9.06. The van der Waals surface area contributed by atoms with E-state index in [0.29, 0.717) is 49.4 Å². The van der Waals surface area contributed by atoms with Crippen LogP contribution in [0.3, 0.4) is 0 Å². The monoisotopic (exact) mass is 652 g/mol. The van der Waals surface area contributed by atoms with Gasteiger partial charge in [-0.25, -0.2) is 0 Å². The molecule has 6 N–H and O–H groups in total. The summed E-state index contributed by atoms with van der Waals surface area (Å²) in [4.78, 5) is 4.95. The fourth-order valence-corrected chi connectivity index (χ4v) is 8.02. The summed E-state index contributed by atoms with van der Waals surface area (Å²) in [7, 11) is 0. The molecule has 1 aromatic carbocycles. The zero-order chi connectivity index (χ0) is 33.3. The number of phenolic OH excluding ortho intramolecular Hbond substituents is 1. The fourth-order valence-electron chi connectivity index (χ4n) is 8.02. The molecule has 0 spiro atoms. The third-order valence-corrected chi connectivity index (χ3v) is 10.5. The highest BCUT2D eigenvalue weighted by atomic mass is 16.5. The van der Waals surface area contributed by atoms with E-state index in [4.69, 9.17) is 14.5 Å². The largest absolute Gasteiger partial charge is 0.592 e. The van der Waals surface area contributed by atoms with Gasteiger partial charge in [-0.3, -0.25) is 0 Å². The number of ether oxygens (including phenoxy) is 2. The molecule has 7 unspecified atom stereocenters. The van der Waals surface area contributed by atoms with Gasteiger partial charge in [0.25, 0.3) is 0 Å². The minimum absolute atomic E-state index is 0.00453. The van der Waals surface area contributed by atoms with Crippen LogP contribution in [0.25, 0.3) is 0 Å². The van der Waals surface area contributed by atoms with E-state index in [-0.39, 0.29) is 43.6 Å². The maximum atomic E-state index is 11.3. The number of benzene rings is 1. The van der Waals surface area contributed by atoms with Crippen LogP contribution >= 0.6 is 0 Å². The van der Waals surface area contributed by atoms with Crippen molar-refractivity contribution in [3.8, 4) is 11.5 Å². The summed E-state index contributed by atoms with van der Waals surface area (Å²) in [5, 5.41) is 54.9. The van der Waals surface area contributed by atoms with Gasteiger partial charge in [-0.2, -0.15) is 12.0 Å². The van der Waals surface area contributed by atoms with Crippen molar-refractivity contribution in [2.24, 2.45) is 22.7 Å². The minimum Gasteiger partial charge on any atom is -0.592 e. The number of nitrogens with zero attached hydrogens (tertiary/aromatic N) is 1. The van der Waals surface area contributed by atoms with Gasteiger partial charge in [0.15, 0.2) is 29.4 Å². The van der Waals surface area contributed by atoms with E-state index in [0.717, 1.165) is 67.9 Å². The summed E-state index contributed by atoms with van der Waals surface area (Å²) < 4.78 is 12.1. The predicted octanol–water partition coefficient (Wildman–Crippen LogP) is 4.95. The van der Waals surface area contributed by atoms with Crippen molar-refractivity contribution in [3.63, 3.8) is 0 Å². The van der Waals surface area contributed by atoms with Gasteiger partial charge in [0.05, 0.1) is 18.1 Å². The average Bonchev–Trinajstić information content (AvgIpc) is 3.79. The lowest BCUT2D eigenvalue weighted by Crippen LogP contribution is -2.44. The number of rotatable bonds is 18.